The zero-order valence-electron chi connectivity index (χ0n) is 16.2. The van der Waals surface area contributed by atoms with Gasteiger partial charge in [0.1, 0.15) is 0 Å². The summed E-state index contributed by atoms with van der Waals surface area (Å²) in [6.45, 7) is 2.31. The van der Waals surface area contributed by atoms with Crippen molar-refractivity contribution in [2.24, 2.45) is 16.9 Å². The van der Waals surface area contributed by atoms with E-state index < -0.39 is 12.1 Å². The predicted molar refractivity (Wildman–Crippen MR) is 104 cm³/mol. The molecule has 28 heavy (non-hydrogen) atoms. The maximum atomic E-state index is 11.5. The number of fused-ring (bicyclic) bond motifs is 2. The summed E-state index contributed by atoms with van der Waals surface area (Å²) in [4.78, 5) is 22.4. The van der Waals surface area contributed by atoms with Crippen molar-refractivity contribution in [2.45, 2.75) is 57.7 Å². The van der Waals surface area contributed by atoms with Crippen LogP contribution in [-0.2, 0) is 27.1 Å². The Morgan fingerprint density at radius 2 is 2.11 bits per heavy atom. The number of nitrogens with one attached hydrogen (secondary N) is 1. The Labute approximate surface area is 165 Å². The van der Waals surface area contributed by atoms with Crippen molar-refractivity contribution in [2.75, 3.05) is 6.61 Å². The third kappa shape index (κ3) is 5.32. The first kappa shape index (κ1) is 20.3. The maximum absolute atomic E-state index is 11.5. The van der Waals surface area contributed by atoms with E-state index in [4.69, 9.17) is 14.6 Å². The van der Waals surface area contributed by atoms with Crippen molar-refractivity contribution in [3.8, 4) is 0 Å². The molecule has 0 aromatic heterocycles. The van der Waals surface area contributed by atoms with E-state index in [2.05, 4.69) is 10.5 Å². The molecule has 0 spiro atoms. The molecule has 2 bridgehead atoms. The second-order valence-corrected chi connectivity index (χ2v) is 7.49. The van der Waals surface area contributed by atoms with Gasteiger partial charge in [-0.15, -0.1) is 0 Å². The van der Waals surface area contributed by atoms with Gasteiger partial charge in [0.15, 0.2) is 0 Å². The molecule has 0 unspecified atom stereocenters. The number of carboxylic acid groups (broad SMARTS) is 1. The van der Waals surface area contributed by atoms with E-state index in [1.807, 2.05) is 31.2 Å². The number of hydrogen-bond donors (Lipinski definition) is 2. The predicted octanol–water partition coefficient (Wildman–Crippen LogP) is 3.16. The van der Waals surface area contributed by atoms with Crippen LogP contribution in [0.2, 0.25) is 0 Å². The fourth-order valence-corrected chi connectivity index (χ4v) is 4.20. The highest BCUT2D eigenvalue weighted by molar-refractivity contribution is 5.70. The monoisotopic (exact) mass is 388 g/mol. The largest absolute Gasteiger partial charge is 0.481 e. The van der Waals surface area contributed by atoms with Gasteiger partial charge in [-0.25, -0.2) is 10.2 Å². The fraction of sp³-hybridized carbons (Fsp3) is 0.571. The Bertz CT molecular complexity index is 721. The summed E-state index contributed by atoms with van der Waals surface area (Å²) in [5.41, 5.74) is 4.38. The van der Waals surface area contributed by atoms with E-state index in [1.165, 1.54) is 0 Å². The van der Waals surface area contributed by atoms with Gasteiger partial charge in [0.2, 0.25) is 0 Å². The third-order valence-corrected chi connectivity index (χ3v) is 5.44. The number of ether oxygens (including phenoxy) is 2. The van der Waals surface area contributed by atoms with E-state index in [-0.39, 0.29) is 24.5 Å². The minimum Gasteiger partial charge on any atom is -0.481 e. The van der Waals surface area contributed by atoms with Crippen molar-refractivity contribution < 1.29 is 24.2 Å². The van der Waals surface area contributed by atoms with Crippen LogP contribution in [0.1, 0.15) is 43.7 Å². The summed E-state index contributed by atoms with van der Waals surface area (Å²) in [7, 11) is 0. The van der Waals surface area contributed by atoms with Crippen molar-refractivity contribution in [1.82, 2.24) is 5.43 Å². The zero-order valence-corrected chi connectivity index (χ0v) is 16.2. The van der Waals surface area contributed by atoms with Crippen LogP contribution in [-0.4, -0.2) is 42.2 Å². The number of nitrogens with zero attached hydrogens (tertiary/aromatic N) is 1. The minimum atomic E-state index is -0.820. The summed E-state index contributed by atoms with van der Waals surface area (Å²) in [6.07, 6.45) is 6.35. The van der Waals surface area contributed by atoms with Crippen molar-refractivity contribution >= 4 is 18.3 Å². The number of aryl methyl sites for hydroxylation is 1. The summed E-state index contributed by atoms with van der Waals surface area (Å²) in [6, 6.07) is 7.76. The summed E-state index contributed by atoms with van der Waals surface area (Å²) in [5.74, 6) is -0.300. The molecule has 1 amide bonds. The topological polar surface area (TPSA) is 97.2 Å². The SMILES string of the molecule is CCCOC(=O)NN=C[C@@H]1[C@H](CCc2cccc(CC(=O)O)c2)[C@@H]2CC[C@H]1O2. The van der Waals surface area contributed by atoms with Crippen LogP contribution in [0.5, 0.6) is 0 Å². The van der Waals surface area contributed by atoms with E-state index in [9.17, 15) is 9.59 Å². The lowest BCUT2D eigenvalue weighted by Gasteiger charge is -2.25. The molecule has 0 radical (unpaired) electrons. The second-order valence-electron chi connectivity index (χ2n) is 7.49. The molecule has 1 aromatic carbocycles. The highest BCUT2D eigenvalue weighted by Gasteiger charge is 2.47. The second kappa shape index (κ2) is 9.68. The molecule has 4 atom stereocenters. The molecule has 1 aromatic rings. The Morgan fingerprint density at radius 3 is 2.89 bits per heavy atom. The first-order valence-corrected chi connectivity index (χ1v) is 9.98. The number of amides is 1. The number of hydrazone groups is 1. The molecule has 3 rings (SSSR count). The lowest BCUT2D eigenvalue weighted by atomic mass is 9.77. The van der Waals surface area contributed by atoms with E-state index in [1.54, 1.807) is 6.21 Å². The van der Waals surface area contributed by atoms with E-state index in [0.29, 0.717) is 12.5 Å². The molecule has 0 aliphatic carbocycles. The van der Waals surface area contributed by atoms with Crippen LogP contribution < -0.4 is 5.43 Å². The Balaban J connectivity index is 1.56. The van der Waals surface area contributed by atoms with Crippen LogP contribution in [0, 0.1) is 11.8 Å². The first-order valence-electron chi connectivity index (χ1n) is 9.98. The molecule has 0 saturated carbocycles. The van der Waals surface area contributed by atoms with Gasteiger partial charge in [-0.3, -0.25) is 4.79 Å². The van der Waals surface area contributed by atoms with E-state index >= 15 is 0 Å². The number of carbonyl (C=O) groups excluding carboxylic acids is 1. The molecule has 7 nitrogen and oxygen atoms in total. The molecular weight excluding hydrogens is 360 g/mol. The number of rotatable bonds is 9. The van der Waals surface area contributed by atoms with Gasteiger partial charge < -0.3 is 14.6 Å². The average molecular weight is 388 g/mol. The summed E-state index contributed by atoms with van der Waals surface area (Å²) >= 11 is 0. The molecule has 2 fully saturated rings. The van der Waals surface area contributed by atoms with Gasteiger partial charge in [0.25, 0.3) is 0 Å². The Kier molecular flexibility index (Phi) is 7.03. The number of carbonyl (C=O) groups is 2. The van der Waals surface area contributed by atoms with Crippen molar-refractivity contribution in [3.63, 3.8) is 0 Å². The van der Waals surface area contributed by atoms with E-state index in [0.717, 1.165) is 43.2 Å². The number of hydrogen-bond acceptors (Lipinski definition) is 5. The fourth-order valence-electron chi connectivity index (χ4n) is 4.20. The number of carboxylic acids is 1. The molecule has 2 aliphatic rings. The molecule has 7 heteroatoms. The van der Waals surface area contributed by atoms with Crippen LogP contribution >= 0.6 is 0 Å². The molecule has 2 aliphatic heterocycles. The molecule has 152 valence electrons. The maximum Gasteiger partial charge on any atom is 0.427 e. The van der Waals surface area contributed by atoms with Gasteiger partial charge in [0.05, 0.1) is 25.2 Å². The highest BCUT2D eigenvalue weighted by Crippen LogP contribution is 2.44. The standard InChI is InChI=1S/C21H28N2O5/c1-2-10-27-21(26)23-22-13-17-16(18-8-9-19(17)28-18)7-6-14-4-3-5-15(11-14)12-20(24)25/h3-5,11,13,16-19H,2,6-10,12H2,1H3,(H,23,26)(H,24,25)/t16-,17+,18-,19+/m0/s1. The Hall–Kier alpha value is -2.41. The van der Waals surface area contributed by atoms with Crippen LogP contribution in [0.15, 0.2) is 29.4 Å². The van der Waals surface area contributed by atoms with Crippen LogP contribution in [0.3, 0.4) is 0 Å². The van der Waals surface area contributed by atoms with Gasteiger partial charge in [0, 0.05) is 12.1 Å². The number of benzene rings is 1. The summed E-state index contributed by atoms with van der Waals surface area (Å²) in [5, 5.41) is 13.0. The molecular formula is C21H28N2O5. The normalized spacial score (nSPS) is 25.9. The van der Waals surface area contributed by atoms with Gasteiger partial charge in [-0.05, 0) is 49.1 Å². The Morgan fingerprint density at radius 1 is 1.32 bits per heavy atom. The van der Waals surface area contributed by atoms with Crippen molar-refractivity contribution in [3.05, 3.63) is 35.4 Å². The average Bonchev–Trinajstić information content (AvgIpc) is 3.26. The highest BCUT2D eigenvalue weighted by atomic mass is 16.6. The van der Waals surface area contributed by atoms with Crippen molar-refractivity contribution in [1.29, 1.82) is 0 Å². The molecule has 2 saturated heterocycles. The lowest BCUT2D eigenvalue weighted by molar-refractivity contribution is -0.136. The number of aliphatic carboxylic acids is 1. The van der Waals surface area contributed by atoms with Crippen LogP contribution in [0.4, 0.5) is 4.79 Å². The quantitative estimate of drug-likeness (QED) is 0.500. The molecule has 2 N–H and O–H groups in total. The zero-order chi connectivity index (χ0) is 19.9. The minimum absolute atomic E-state index is 0.0418. The van der Waals surface area contributed by atoms with Crippen LogP contribution in [0.25, 0.3) is 0 Å². The molecule has 2 heterocycles. The third-order valence-electron chi connectivity index (χ3n) is 5.44. The van der Waals surface area contributed by atoms with Gasteiger partial charge >= 0.3 is 12.1 Å². The first-order chi connectivity index (χ1) is 13.6. The van der Waals surface area contributed by atoms with Gasteiger partial charge in [-0.1, -0.05) is 31.2 Å². The smallest absolute Gasteiger partial charge is 0.427 e. The van der Waals surface area contributed by atoms with Gasteiger partial charge in [-0.2, -0.15) is 5.10 Å². The lowest BCUT2D eigenvalue weighted by Crippen LogP contribution is -2.30. The summed E-state index contributed by atoms with van der Waals surface area (Å²) < 4.78 is 11.0.